The summed E-state index contributed by atoms with van der Waals surface area (Å²) in [7, 11) is -2.20. The third-order valence-electron chi connectivity index (χ3n) is 7.86. The van der Waals surface area contributed by atoms with E-state index in [1.807, 2.05) is 20.8 Å². The summed E-state index contributed by atoms with van der Waals surface area (Å²) >= 11 is 0. The molecule has 2 saturated heterocycles. The van der Waals surface area contributed by atoms with Crippen LogP contribution in [0.2, 0.25) is 18.1 Å². The Morgan fingerprint density at radius 3 is 2.37 bits per heavy atom. The van der Waals surface area contributed by atoms with Crippen LogP contribution in [0.1, 0.15) is 88.0 Å². The molecular formula is C28H49NO5Si. The summed E-state index contributed by atoms with van der Waals surface area (Å²) in [4.78, 5) is 28.7. The molecule has 200 valence electrons. The lowest BCUT2D eigenvalue weighted by Crippen LogP contribution is -2.61. The highest BCUT2D eigenvalue weighted by atomic mass is 28.4. The van der Waals surface area contributed by atoms with Crippen LogP contribution in [0.5, 0.6) is 0 Å². The molecule has 0 aromatic rings. The highest BCUT2D eigenvalue weighted by Crippen LogP contribution is 2.47. The van der Waals surface area contributed by atoms with Crippen molar-refractivity contribution in [1.29, 1.82) is 0 Å². The van der Waals surface area contributed by atoms with Crippen molar-refractivity contribution in [2.45, 2.75) is 130 Å². The van der Waals surface area contributed by atoms with Gasteiger partial charge in [-0.25, -0.2) is 4.79 Å². The van der Waals surface area contributed by atoms with E-state index in [9.17, 15) is 9.59 Å². The first-order valence-electron chi connectivity index (χ1n) is 13.2. The van der Waals surface area contributed by atoms with Crippen molar-refractivity contribution in [2.75, 3.05) is 6.54 Å². The lowest BCUT2D eigenvalue weighted by atomic mass is 9.80. The van der Waals surface area contributed by atoms with Gasteiger partial charge in [-0.05, 0) is 63.6 Å². The second-order valence-electron chi connectivity index (χ2n) is 13.5. The lowest BCUT2D eigenvalue weighted by Gasteiger charge is -2.50. The minimum atomic E-state index is -2.20. The van der Waals surface area contributed by atoms with Gasteiger partial charge >= 0.3 is 6.09 Å². The van der Waals surface area contributed by atoms with Crippen LogP contribution in [0.4, 0.5) is 4.79 Å². The first-order valence-corrected chi connectivity index (χ1v) is 16.1. The third kappa shape index (κ3) is 6.90. The monoisotopic (exact) mass is 507 g/mol. The molecule has 7 heteroatoms. The molecule has 0 unspecified atom stereocenters. The minimum Gasteiger partial charge on any atom is -0.444 e. The number of Topliss-reactive ketones (excluding diaryl/α,β-unsaturated/α-hetero) is 1. The van der Waals surface area contributed by atoms with Gasteiger partial charge in [-0.2, -0.15) is 0 Å². The number of nitrogens with zero attached hydrogens (tertiary/aromatic N) is 1. The summed E-state index contributed by atoms with van der Waals surface area (Å²) in [6.07, 6.45) is 6.31. The number of carbonyl (C=O) groups excluding carboxylic acids is 2. The molecule has 2 fully saturated rings. The Morgan fingerprint density at radius 2 is 1.86 bits per heavy atom. The number of ketones is 1. The molecule has 0 N–H and O–H groups in total. The van der Waals surface area contributed by atoms with Crippen molar-refractivity contribution >= 4 is 20.2 Å². The Bertz CT molecular complexity index is 821. The Hall–Kier alpha value is -1.36. The largest absolute Gasteiger partial charge is 0.444 e. The van der Waals surface area contributed by atoms with Crippen LogP contribution in [0.25, 0.3) is 0 Å². The van der Waals surface area contributed by atoms with Gasteiger partial charge in [0, 0.05) is 18.9 Å². The summed E-state index contributed by atoms with van der Waals surface area (Å²) in [6, 6.07) is 0. The van der Waals surface area contributed by atoms with E-state index < -0.39 is 37.9 Å². The maximum absolute atomic E-state index is 13.6. The first-order chi connectivity index (χ1) is 15.8. The van der Waals surface area contributed by atoms with Gasteiger partial charge in [0.2, 0.25) is 0 Å². The summed E-state index contributed by atoms with van der Waals surface area (Å²) in [6.45, 7) is 23.3. The average Bonchev–Trinajstić information content (AvgIpc) is 3.00. The number of ether oxygens (including phenoxy) is 2. The fourth-order valence-electron chi connectivity index (χ4n) is 5.02. The zero-order valence-electron chi connectivity index (χ0n) is 24.0. The molecular weight excluding hydrogens is 458 g/mol. The van der Waals surface area contributed by atoms with E-state index >= 15 is 0 Å². The maximum Gasteiger partial charge on any atom is 0.412 e. The molecule has 0 bridgehead atoms. The van der Waals surface area contributed by atoms with Gasteiger partial charge in [0.05, 0.1) is 12.5 Å². The Balaban J connectivity index is 2.44. The number of hydrogen-bond acceptors (Lipinski definition) is 5. The Labute approximate surface area is 215 Å². The molecule has 35 heavy (non-hydrogen) atoms. The fraction of sp³-hybridized carbons (Fsp3) is 0.857. The molecule has 2 aliphatic heterocycles. The lowest BCUT2D eigenvalue weighted by molar-refractivity contribution is -0.205. The summed E-state index contributed by atoms with van der Waals surface area (Å²) in [5.74, 6) is 3.20. The molecule has 6 atom stereocenters. The van der Waals surface area contributed by atoms with E-state index in [0.29, 0.717) is 19.4 Å². The number of carbonyl (C=O) groups is 2. The first kappa shape index (κ1) is 29.9. The molecule has 0 saturated carbocycles. The second kappa shape index (κ2) is 10.6. The average molecular weight is 508 g/mol. The molecule has 0 aromatic carbocycles. The highest BCUT2D eigenvalue weighted by Gasteiger charge is 2.59. The summed E-state index contributed by atoms with van der Waals surface area (Å²) in [5, 5.41) is -0.0178. The SMILES string of the molecule is C#CC[C@@H](C)C[C@@H](O[Si](C)(C)C(C)(C)C)[C@H]1O[C@@]2(CC1=O)[C@@H](C)C[C@@H](C)CN2C(=O)OC(C)(C)C. The van der Waals surface area contributed by atoms with Crippen molar-refractivity contribution in [1.82, 2.24) is 4.90 Å². The van der Waals surface area contributed by atoms with Crippen molar-refractivity contribution < 1.29 is 23.5 Å². The Kier molecular flexibility index (Phi) is 9.00. The van der Waals surface area contributed by atoms with Gasteiger partial charge < -0.3 is 13.9 Å². The number of hydrogen-bond donors (Lipinski definition) is 0. The second-order valence-corrected chi connectivity index (χ2v) is 18.3. The van der Waals surface area contributed by atoms with E-state index in [-0.39, 0.29) is 35.0 Å². The molecule has 6 nitrogen and oxygen atoms in total. The highest BCUT2D eigenvalue weighted by molar-refractivity contribution is 6.74. The summed E-state index contributed by atoms with van der Waals surface area (Å²) < 4.78 is 19.3. The normalized spacial score (nSPS) is 29.7. The van der Waals surface area contributed by atoms with Crippen LogP contribution >= 0.6 is 0 Å². The van der Waals surface area contributed by atoms with E-state index in [1.165, 1.54) is 0 Å². The summed E-state index contributed by atoms with van der Waals surface area (Å²) in [5.41, 5.74) is -1.65. The minimum absolute atomic E-state index is 0.00317. The molecule has 2 heterocycles. The zero-order valence-corrected chi connectivity index (χ0v) is 25.0. The topological polar surface area (TPSA) is 65.1 Å². The van der Waals surface area contributed by atoms with E-state index in [2.05, 4.69) is 60.6 Å². The van der Waals surface area contributed by atoms with Gasteiger partial charge in [0.25, 0.3) is 0 Å². The van der Waals surface area contributed by atoms with Crippen molar-refractivity contribution in [3.8, 4) is 12.3 Å². The Morgan fingerprint density at radius 1 is 1.26 bits per heavy atom. The molecule has 0 radical (unpaired) electrons. The molecule has 1 spiro atoms. The van der Waals surface area contributed by atoms with Crippen LogP contribution < -0.4 is 0 Å². The smallest absolute Gasteiger partial charge is 0.412 e. The quantitative estimate of drug-likeness (QED) is 0.308. The van der Waals surface area contributed by atoms with Crippen LogP contribution in [-0.4, -0.2) is 55.2 Å². The van der Waals surface area contributed by atoms with Crippen molar-refractivity contribution in [3.63, 3.8) is 0 Å². The van der Waals surface area contributed by atoms with Gasteiger partial charge in [0.1, 0.15) is 11.7 Å². The van der Waals surface area contributed by atoms with Crippen molar-refractivity contribution in [2.24, 2.45) is 17.8 Å². The van der Waals surface area contributed by atoms with E-state index in [0.717, 1.165) is 6.42 Å². The fourth-order valence-corrected chi connectivity index (χ4v) is 6.35. The third-order valence-corrected chi connectivity index (χ3v) is 12.4. The number of rotatable bonds is 6. The predicted molar refractivity (Wildman–Crippen MR) is 142 cm³/mol. The van der Waals surface area contributed by atoms with Gasteiger partial charge in [-0.1, -0.05) is 41.5 Å². The standard InChI is InChI=1S/C28H49NO5Si/c1-13-14-19(2)16-23(34-35(11,12)27(8,9)10)24-22(30)17-28(32-24)21(4)15-20(3)18-29(28)25(31)33-26(5,6)7/h1,19-21,23-24H,14-18H2,2-12H3/t19-,20-,21+,23-,24+,28+/m1/s1. The van der Waals surface area contributed by atoms with Crippen LogP contribution in [-0.2, 0) is 18.7 Å². The zero-order chi connectivity index (χ0) is 27.0. The molecule has 2 rings (SSSR count). The number of terminal acetylenes is 1. The number of likely N-dealkylation sites (tertiary alicyclic amines) is 1. The van der Waals surface area contributed by atoms with Crippen molar-refractivity contribution in [3.05, 3.63) is 0 Å². The molecule has 0 aliphatic carbocycles. The molecule has 1 amide bonds. The van der Waals surface area contributed by atoms with Gasteiger partial charge in [-0.3, -0.25) is 9.69 Å². The van der Waals surface area contributed by atoms with E-state index in [1.54, 1.807) is 4.90 Å². The van der Waals surface area contributed by atoms with E-state index in [4.69, 9.17) is 20.3 Å². The maximum atomic E-state index is 13.6. The molecule has 2 aliphatic rings. The van der Waals surface area contributed by atoms with Crippen LogP contribution in [0, 0.1) is 30.1 Å². The predicted octanol–water partition coefficient (Wildman–Crippen LogP) is 6.39. The van der Waals surface area contributed by atoms with Crippen LogP contribution in [0.3, 0.4) is 0 Å². The van der Waals surface area contributed by atoms with Crippen LogP contribution in [0.15, 0.2) is 0 Å². The van der Waals surface area contributed by atoms with Gasteiger partial charge in [0.15, 0.2) is 19.8 Å². The number of piperidine rings is 1. The number of amides is 1. The molecule has 0 aromatic heterocycles. The van der Waals surface area contributed by atoms with Gasteiger partial charge in [-0.15, -0.1) is 12.3 Å².